The number of carbonyl (C=O) groups excluding carboxylic acids is 3. The highest BCUT2D eigenvalue weighted by Crippen LogP contribution is 2.04. The molecule has 0 aliphatic carbocycles. The molecule has 7 heteroatoms. The summed E-state index contributed by atoms with van der Waals surface area (Å²) in [6, 6.07) is 8.70. The molecule has 3 N–H and O–H groups in total. The Labute approximate surface area is 148 Å². The molecule has 0 radical (unpaired) electrons. The summed E-state index contributed by atoms with van der Waals surface area (Å²) in [6.07, 6.45) is 0. The van der Waals surface area contributed by atoms with E-state index >= 15 is 0 Å². The van der Waals surface area contributed by atoms with Crippen molar-refractivity contribution in [1.29, 1.82) is 0 Å². The summed E-state index contributed by atoms with van der Waals surface area (Å²) in [5.74, 6) is -0.283. The number of hydrogen-bond acceptors (Lipinski definition) is 3. The fraction of sp³-hybridized carbons (Fsp3) is 0.500. The van der Waals surface area contributed by atoms with Crippen LogP contribution < -0.4 is 15.5 Å². The molecular weight excluding hydrogens is 320 g/mol. The van der Waals surface area contributed by atoms with Crippen LogP contribution in [0.4, 0.5) is 0 Å². The van der Waals surface area contributed by atoms with E-state index in [0.717, 1.165) is 18.0 Å². The second-order valence-electron chi connectivity index (χ2n) is 6.27. The first-order valence-electron chi connectivity index (χ1n) is 8.76. The van der Waals surface area contributed by atoms with E-state index in [2.05, 4.69) is 10.6 Å². The number of hydrogen-bond donors (Lipinski definition) is 3. The van der Waals surface area contributed by atoms with Crippen molar-refractivity contribution in [2.24, 2.45) is 0 Å². The van der Waals surface area contributed by atoms with E-state index in [1.165, 1.54) is 0 Å². The summed E-state index contributed by atoms with van der Waals surface area (Å²) >= 11 is 0. The Morgan fingerprint density at radius 1 is 1.16 bits per heavy atom. The van der Waals surface area contributed by atoms with Crippen LogP contribution in [0.25, 0.3) is 0 Å². The topological polar surface area (TPSA) is 82.9 Å². The van der Waals surface area contributed by atoms with Crippen LogP contribution in [0, 0.1) is 0 Å². The monoisotopic (exact) mass is 347 g/mol. The van der Waals surface area contributed by atoms with Gasteiger partial charge in [0.2, 0.25) is 5.91 Å². The lowest BCUT2D eigenvalue weighted by atomic mass is 10.2. The van der Waals surface area contributed by atoms with Gasteiger partial charge in [-0.3, -0.25) is 14.4 Å². The molecule has 3 amide bonds. The van der Waals surface area contributed by atoms with E-state index in [0.29, 0.717) is 31.7 Å². The molecule has 25 heavy (non-hydrogen) atoms. The molecule has 1 aliphatic rings. The highest BCUT2D eigenvalue weighted by atomic mass is 16.2. The minimum absolute atomic E-state index is 0.0361. The number of likely N-dealkylation sites (N-methyl/N-ethyl adjacent to an activating group) is 1. The average molecular weight is 347 g/mol. The summed E-state index contributed by atoms with van der Waals surface area (Å²) in [5, 5.41) is 5.40. The molecule has 136 valence electrons. The molecule has 0 saturated carbocycles. The maximum atomic E-state index is 12.4. The molecule has 1 saturated heterocycles. The zero-order chi connectivity index (χ0) is 18.2. The third-order valence-corrected chi connectivity index (χ3v) is 4.31. The van der Waals surface area contributed by atoms with Crippen molar-refractivity contribution in [1.82, 2.24) is 15.5 Å². The molecule has 0 spiro atoms. The van der Waals surface area contributed by atoms with Gasteiger partial charge in [-0.05, 0) is 26.0 Å². The number of piperazine rings is 1. The van der Waals surface area contributed by atoms with Crippen LogP contribution in [0.3, 0.4) is 0 Å². The van der Waals surface area contributed by atoms with Crippen molar-refractivity contribution in [3.8, 4) is 0 Å². The number of carbonyl (C=O) groups is 3. The van der Waals surface area contributed by atoms with E-state index in [4.69, 9.17) is 0 Å². The third kappa shape index (κ3) is 5.56. The molecule has 2 rings (SSSR count). The zero-order valence-electron chi connectivity index (χ0n) is 14.9. The Morgan fingerprint density at radius 2 is 1.80 bits per heavy atom. The number of rotatable bonds is 6. The number of nitrogens with zero attached hydrogens (tertiary/aromatic N) is 1. The van der Waals surface area contributed by atoms with Crippen molar-refractivity contribution >= 4 is 17.7 Å². The molecule has 1 fully saturated rings. The fourth-order valence-corrected chi connectivity index (χ4v) is 2.88. The van der Waals surface area contributed by atoms with Crippen molar-refractivity contribution in [2.45, 2.75) is 19.9 Å². The Hall–Kier alpha value is -2.41. The Kier molecular flexibility index (Phi) is 6.94. The van der Waals surface area contributed by atoms with Crippen LogP contribution in [-0.2, 0) is 9.59 Å². The van der Waals surface area contributed by atoms with Crippen LogP contribution in [-0.4, -0.2) is 67.9 Å². The van der Waals surface area contributed by atoms with Gasteiger partial charge in [-0.1, -0.05) is 18.2 Å². The second-order valence-corrected chi connectivity index (χ2v) is 6.27. The lowest BCUT2D eigenvalue weighted by Gasteiger charge is -2.32. The van der Waals surface area contributed by atoms with Gasteiger partial charge in [-0.15, -0.1) is 0 Å². The Bertz CT molecular complexity index is 598. The van der Waals surface area contributed by atoms with Crippen LogP contribution in [0.1, 0.15) is 24.2 Å². The van der Waals surface area contributed by atoms with E-state index in [1.54, 1.807) is 6.92 Å². The molecule has 1 aromatic rings. The van der Waals surface area contributed by atoms with Crippen molar-refractivity contribution in [3.63, 3.8) is 0 Å². The SMILES string of the molecule is CCNC(=O)[C@@H](C)NC(=O)C[NH+]1CCN(C(=O)c2ccccc2)CC1. The Balaban J connectivity index is 1.76. The highest BCUT2D eigenvalue weighted by molar-refractivity contribution is 5.94. The quantitative estimate of drug-likeness (QED) is 0.596. The van der Waals surface area contributed by atoms with Crippen LogP contribution in [0.15, 0.2) is 30.3 Å². The summed E-state index contributed by atoms with van der Waals surface area (Å²) < 4.78 is 0. The molecule has 0 aromatic heterocycles. The van der Waals surface area contributed by atoms with Gasteiger partial charge in [0.05, 0.1) is 26.2 Å². The van der Waals surface area contributed by atoms with E-state index in [9.17, 15) is 14.4 Å². The molecule has 0 bridgehead atoms. The number of benzene rings is 1. The second kappa shape index (κ2) is 9.17. The van der Waals surface area contributed by atoms with E-state index in [1.807, 2.05) is 42.2 Å². The molecule has 1 aromatic carbocycles. The van der Waals surface area contributed by atoms with Gasteiger partial charge in [0, 0.05) is 12.1 Å². The molecule has 1 aliphatic heterocycles. The minimum atomic E-state index is -0.534. The van der Waals surface area contributed by atoms with Crippen molar-refractivity contribution in [3.05, 3.63) is 35.9 Å². The van der Waals surface area contributed by atoms with Crippen LogP contribution in [0.5, 0.6) is 0 Å². The number of nitrogens with one attached hydrogen (secondary N) is 3. The van der Waals surface area contributed by atoms with Gasteiger partial charge < -0.3 is 20.4 Å². The van der Waals surface area contributed by atoms with Gasteiger partial charge in [0.1, 0.15) is 6.04 Å². The van der Waals surface area contributed by atoms with E-state index in [-0.39, 0.29) is 17.7 Å². The van der Waals surface area contributed by atoms with Gasteiger partial charge in [-0.25, -0.2) is 0 Å². The smallest absolute Gasteiger partial charge is 0.275 e. The predicted octanol–water partition coefficient (Wildman–Crippen LogP) is -1.33. The minimum Gasteiger partial charge on any atom is -0.355 e. The van der Waals surface area contributed by atoms with Crippen molar-refractivity contribution in [2.75, 3.05) is 39.3 Å². The molecule has 1 heterocycles. The summed E-state index contributed by atoms with van der Waals surface area (Å²) in [5.41, 5.74) is 0.694. The maximum Gasteiger partial charge on any atom is 0.275 e. The molecule has 7 nitrogen and oxygen atoms in total. The molecular formula is C18H27N4O3+. The lowest BCUT2D eigenvalue weighted by Crippen LogP contribution is -3.16. The van der Waals surface area contributed by atoms with Gasteiger partial charge >= 0.3 is 0 Å². The average Bonchev–Trinajstić information content (AvgIpc) is 2.62. The van der Waals surface area contributed by atoms with Gasteiger partial charge in [0.25, 0.3) is 11.8 Å². The van der Waals surface area contributed by atoms with Crippen LogP contribution in [0.2, 0.25) is 0 Å². The maximum absolute atomic E-state index is 12.4. The normalized spacial score (nSPS) is 16.2. The van der Waals surface area contributed by atoms with Gasteiger partial charge in [-0.2, -0.15) is 0 Å². The standard InChI is InChI=1S/C18H26N4O3/c1-3-19-17(24)14(2)20-16(23)13-21-9-11-22(12-10-21)18(25)15-7-5-4-6-8-15/h4-8,14H,3,9-13H2,1-2H3,(H,19,24)(H,20,23)/p+1/t14-/m1/s1. The molecule has 1 atom stereocenters. The summed E-state index contributed by atoms with van der Waals surface area (Å²) in [7, 11) is 0. The largest absolute Gasteiger partial charge is 0.355 e. The highest BCUT2D eigenvalue weighted by Gasteiger charge is 2.26. The molecule has 0 unspecified atom stereocenters. The third-order valence-electron chi connectivity index (χ3n) is 4.31. The first-order valence-corrected chi connectivity index (χ1v) is 8.76. The van der Waals surface area contributed by atoms with Crippen molar-refractivity contribution < 1.29 is 19.3 Å². The Morgan fingerprint density at radius 3 is 2.40 bits per heavy atom. The first-order chi connectivity index (χ1) is 12.0. The number of amides is 3. The van der Waals surface area contributed by atoms with E-state index < -0.39 is 6.04 Å². The van der Waals surface area contributed by atoms with Crippen LogP contribution >= 0.6 is 0 Å². The summed E-state index contributed by atoms with van der Waals surface area (Å²) in [4.78, 5) is 39.1. The van der Waals surface area contributed by atoms with Gasteiger partial charge in [0.15, 0.2) is 6.54 Å². The number of quaternary nitrogens is 1. The summed E-state index contributed by atoms with van der Waals surface area (Å²) in [6.45, 7) is 7.08. The fourth-order valence-electron chi connectivity index (χ4n) is 2.88. The first kappa shape index (κ1) is 18.9. The predicted molar refractivity (Wildman–Crippen MR) is 94.2 cm³/mol. The zero-order valence-corrected chi connectivity index (χ0v) is 14.9. The lowest BCUT2D eigenvalue weighted by molar-refractivity contribution is -0.896.